The minimum absolute atomic E-state index is 0.262. The van der Waals surface area contributed by atoms with Crippen molar-refractivity contribution < 1.29 is 9.53 Å². The van der Waals surface area contributed by atoms with Gasteiger partial charge in [0, 0.05) is 25.9 Å². The number of unbranched alkanes of at least 4 members (excludes halogenated alkanes) is 4. The molecule has 0 saturated heterocycles. The van der Waals surface area contributed by atoms with E-state index in [-0.39, 0.29) is 5.97 Å². The van der Waals surface area contributed by atoms with Gasteiger partial charge in [0.05, 0.1) is 6.61 Å². The van der Waals surface area contributed by atoms with E-state index in [4.69, 9.17) is 4.74 Å². The zero-order chi connectivity index (χ0) is 15.5. The van der Waals surface area contributed by atoms with Crippen LogP contribution in [0.15, 0.2) is 30.3 Å². The first-order chi connectivity index (χ1) is 10.1. The Labute approximate surface area is 128 Å². The number of carbonyl (C=O) groups excluding carboxylic acids is 1. The van der Waals surface area contributed by atoms with Gasteiger partial charge in [0.1, 0.15) is 0 Å². The minimum atomic E-state index is -0.262. The molecule has 1 aromatic rings. The molecule has 21 heavy (non-hydrogen) atoms. The van der Waals surface area contributed by atoms with Gasteiger partial charge in [-0.05, 0) is 30.2 Å². The van der Waals surface area contributed by atoms with Crippen molar-refractivity contribution in [1.29, 1.82) is 0 Å². The second-order valence-electron chi connectivity index (χ2n) is 5.40. The van der Waals surface area contributed by atoms with Gasteiger partial charge in [-0.3, -0.25) is 0 Å². The van der Waals surface area contributed by atoms with Crippen molar-refractivity contribution in [3.05, 3.63) is 35.9 Å². The van der Waals surface area contributed by atoms with Gasteiger partial charge in [-0.2, -0.15) is 0 Å². The van der Waals surface area contributed by atoms with Crippen LogP contribution in [-0.2, 0) is 9.53 Å². The molecule has 0 unspecified atom stereocenters. The van der Waals surface area contributed by atoms with Crippen molar-refractivity contribution in [3.63, 3.8) is 0 Å². The quantitative estimate of drug-likeness (QED) is 0.386. The summed E-state index contributed by atoms with van der Waals surface area (Å²) in [6.07, 6.45) is 9.09. The molecule has 0 aromatic heterocycles. The van der Waals surface area contributed by atoms with Crippen molar-refractivity contribution in [2.24, 2.45) is 0 Å². The monoisotopic (exact) mass is 289 g/mol. The van der Waals surface area contributed by atoms with Crippen molar-refractivity contribution in [1.82, 2.24) is 0 Å². The van der Waals surface area contributed by atoms with Crippen LogP contribution in [0.4, 0.5) is 5.69 Å². The lowest BCUT2D eigenvalue weighted by Gasteiger charge is -2.11. The van der Waals surface area contributed by atoms with Crippen LogP contribution in [-0.4, -0.2) is 26.7 Å². The Balaban J connectivity index is 2.27. The zero-order valence-corrected chi connectivity index (χ0v) is 13.5. The zero-order valence-electron chi connectivity index (χ0n) is 13.5. The second kappa shape index (κ2) is 10.0. The maximum atomic E-state index is 11.6. The summed E-state index contributed by atoms with van der Waals surface area (Å²) in [5.74, 6) is -0.262. The molecule has 3 heteroatoms. The standard InChI is InChI=1S/C18H27NO2/c1-4-5-6-7-8-15-21-18(20)14-11-16-9-12-17(13-10-16)19(2)3/h9-14H,4-8,15H2,1-3H3/b14-11+. The molecular formula is C18H27NO2. The van der Waals surface area contributed by atoms with E-state index in [0.29, 0.717) is 6.61 Å². The lowest BCUT2D eigenvalue weighted by atomic mass is 10.2. The fourth-order valence-corrected chi connectivity index (χ4v) is 1.97. The summed E-state index contributed by atoms with van der Waals surface area (Å²) in [6.45, 7) is 2.71. The first-order valence-electron chi connectivity index (χ1n) is 7.75. The van der Waals surface area contributed by atoms with Crippen molar-refractivity contribution >= 4 is 17.7 Å². The molecular weight excluding hydrogens is 262 g/mol. The molecule has 0 N–H and O–H groups in total. The van der Waals surface area contributed by atoms with E-state index in [1.807, 2.05) is 43.3 Å². The Morgan fingerprint density at radius 3 is 2.38 bits per heavy atom. The molecule has 0 aliphatic heterocycles. The summed E-state index contributed by atoms with van der Waals surface area (Å²) >= 11 is 0. The average Bonchev–Trinajstić information content (AvgIpc) is 2.49. The normalized spacial score (nSPS) is 10.8. The van der Waals surface area contributed by atoms with Crippen LogP contribution in [0.25, 0.3) is 6.08 Å². The molecule has 0 radical (unpaired) electrons. The number of rotatable bonds is 9. The molecule has 0 spiro atoms. The highest BCUT2D eigenvalue weighted by Crippen LogP contribution is 2.13. The number of hydrogen-bond acceptors (Lipinski definition) is 3. The predicted octanol–water partition coefficient (Wildman–Crippen LogP) is 4.28. The predicted molar refractivity (Wildman–Crippen MR) is 89.5 cm³/mol. The summed E-state index contributed by atoms with van der Waals surface area (Å²) < 4.78 is 5.17. The van der Waals surface area contributed by atoms with E-state index in [1.54, 1.807) is 6.08 Å². The number of esters is 1. The SMILES string of the molecule is CCCCCCCOC(=O)/C=C/c1ccc(N(C)C)cc1. The minimum Gasteiger partial charge on any atom is -0.463 e. The Bertz CT molecular complexity index is 435. The van der Waals surface area contributed by atoms with E-state index >= 15 is 0 Å². The molecule has 0 saturated carbocycles. The van der Waals surface area contributed by atoms with E-state index < -0.39 is 0 Å². The Morgan fingerprint density at radius 2 is 1.76 bits per heavy atom. The Morgan fingerprint density at radius 1 is 1.10 bits per heavy atom. The van der Waals surface area contributed by atoms with E-state index in [1.165, 1.54) is 25.3 Å². The van der Waals surface area contributed by atoms with Gasteiger partial charge in [0.25, 0.3) is 0 Å². The number of carbonyl (C=O) groups is 1. The van der Waals surface area contributed by atoms with Crippen molar-refractivity contribution in [2.45, 2.75) is 39.0 Å². The van der Waals surface area contributed by atoms with Gasteiger partial charge in [-0.25, -0.2) is 4.79 Å². The lowest BCUT2D eigenvalue weighted by molar-refractivity contribution is -0.137. The number of nitrogens with zero attached hydrogens (tertiary/aromatic N) is 1. The summed E-state index contributed by atoms with van der Waals surface area (Å²) in [4.78, 5) is 13.6. The molecule has 1 rings (SSSR count). The van der Waals surface area contributed by atoms with Crippen LogP contribution in [0.5, 0.6) is 0 Å². The van der Waals surface area contributed by atoms with E-state index in [9.17, 15) is 4.79 Å². The third-order valence-corrected chi connectivity index (χ3v) is 3.31. The molecule has 0 atom stereocenters. The van der Waals surface area contributed by atoms with Crippen LogP contribution >= 0.6 is 0 Å². The topological polar surface area (TPSA) is 29.5 Å². The van der Waals surface area contributed by atoms with Gasteiger partial charge in [0.15, 0.2) is 0 Å². The fraction of sp³-hybridized carbons (Fsp3) is 0.500. The van der Waals surface area contributed by atoms with Crippen molar-refractivity contribution in [3.8, 4) is 0 Å². The average molecular weight is 289 g/mol. The summed E-state index contributed by atoms with van der Waals surface area (Å²) in [5.41, 5.74) is 2.14. The largest absolute Gasteiger partial charge is 0.463 e. The van der Waals surface area contributed by atoms with Crippen LogP contribution in [0, 0.1) is 0 Å². The second-order valence-corrected chi connectivity index (χ2v) is 5.40. The smallest absolute Gasteiger partial charge is 0.330 e. The van der Waals surface area contributed by atoms with E-state index in [0.717, 1.165) is 24.1 Å². The first kappa shape index (κ1) is 17.3. The lowest BCUT2D eigenvalue weighted by Crippen LogP contribution is -2.07. The molecule has 0 amide bonds. The Kier molecular flexibility index (Phi) is 8.25. The van der Waals surface area contributed by atoms with Crippen LogP contribution in [0.2, 0.25) is 0 Å². The summed E-state index contributed by atoms with van der Waals surface area (Å²) in [6, 6.07) is 8.03. The summed E-state index contributed by atoms with van der Waals surface area (Å²) in [7, 11) is 4.01. The van der Waals surface area contributed by atoms with Gasteiger partial charge in [-0.15, -0.1) is 0 Å². The number of benzene rings is 1. The molecule has 0 fully saturated rings. The third-order valence-electron chi connectivity index (χ3n) is 3.31. The maximum absolute atomic E-state index is 11.6. The number of anilines is 1. The van der Waals surface area contributed by atoms with Crippen LogP contribution in [0.3, 0.4) is 0 Å². The highest BCUT2D eigenvalue weighted by atomic mass is 16.5. The fourth-order valence-electron chi connectivity index (χ4n) is 1.97. The third kappa shape index (κ3) is 7.54. The van der Waals surface area contributed by atoms with Gasteiger partial charge >= 0.3 is 5.97 Å². The van der Waals surface area contributed by atoms with E-state index in [2.05, 4.69) is 6.92 Å². The molecule has 0 bridgehead atoms. The molecule has 116 valence electrons. The number of hydrogen-bond donors (Lipinski definition) is 0. The molecule has 0 aliphatic rings. The van der Waals surface area contributed by atoms with Crippen molar-refractivity contribution in [2.75, 3.05) is 25.6 Å². The highest BCUT2D eigenvalue weighted by Gasteiger charge is 1.98. The number of ether oxygens (including phenoxy) is 1. The van der Waals surface area contributed by atoms with Crippen LogP contribution in [0.1, 0.15) is 44.6 Å². The molecule has 0 aliphatic carbocycles. The first-order valence-corrected chi connectivity index (χ1v) is 7.75. The maximum Gasteiger partial charge on any atom is 0.330 e. The van der Waals surface area contributed by atoms with Gasteiger partial charge in [0.2, 0.25) is 0 Å². The Hall–Kier alpha value is -1.77. The molecule has 1 aromatic carbocycles. The molecule has 0 heterocycles. The van der Waals surface area contributed by atoms with Gasteiger partial charge < -0.3 is 9.64 Å². The van der Waals surface area contributed by atoms with Crippen LogP contribution < -0.4 is 4.90 Å². The molecule has 3 nitrogen and oxygen atoms in total. The highest BCUT2D eigenvalue weighted by molar-refractivity contribution is 5.87. The van der Waals surface area contributed by atoms with Gasteiger partial charge in [-0.1, -0.05) is 44.7 Å². The summed E-state index contributed by atoms with van der Waals surface area (Å²) in [5, 5.41) is 0.